The number of sulfonamides is 1. The van der Waals surface area contributed by atoms with E-state index >= 15 is 0 Å². The van der Waals surface area contributed by atoms with Gasteiger partial charge in [-0.25, -0.2) is 13.4 Å². The highest BCUT2D eigenvalue weighted by Gasteiger charge is 2.16. The summed E-state index contributed by atoms with van der Waals surface area (Å²) in [7, 11) is -2.09. The van der Waals surface area contributed by atoms with Gasteiger partial charge in [0, 0.05) is 17.7 Å². The number of aromatic nitrogens is 2. The zero-order valence-electron chi connectivity index (χ0n) is 10.4. The Hall–Kier alpha value is -1.29. The van der Waals surface area contributed by atoms with Gasteiger partial charge in [-0.3, -0.25) is 5.01 Å². The first-order valence-corrected chi connectivity index (χ1v) is 8.14. The molecule has 2 N–H and O–H groups in total. The average Bonchev–Trinajstić information content (AvgIpc) is 2.38. The van der Waals surface area contributed by atoms with Crippen LogP contribution in [0.15, 0.2) is 45.9 Å². The molecule has 1 aromatic heterocycles. The molecule has 0 fully saturated rings. The van der Waals surface area contributed by atoms with Gasteiger partial charge < -0.3 is 4.98 Å². The van der Waals surface area contributed by atoms with Gasteiger partial charge in [-0.2, -0.15) is 0 Å². The van der Waals surface area contributed by atoms with Crippen LogP contribution in [0.2, 0.25) is 0 Å². The largest absolute Gasteiger partial charge is 0.316 e. The van der Waals surface area contributed by atoms with Gasteiger partial charge in [0.15, 0.2) is 4.77 Å². The van der Waals surface area contributed by atoms with E-state index < -0.39 is 10.0 Å². The van der Waals surface area contributed by atoms with Crippen molar-refractivity contribution in [3.05, 3.63) is 45.8 Å². The number of aromatic amines is 1. The Morgan fingerprint density at radius 1 is 1.30 bits per heavy atom. The Morgan fingerprint density at radius 2 is 1.95 bits per heavy atom. The number of anilines is 1. The van der Waals surface area contributed by atoms with Crippen LogP contribution >= 0.6 is 28.1 Å². The monoisotopic (exact) mass is 374 g/mol. The summed E-state index contributed by atoms with van der Waals surface area (Å²) in [6.07, 6.45) is 1.50. The summed E-state index contributed by atoms with van der Waals surface area (Å²) in [4.78, 5) is 9.21. The maximum absolute atomic E-state index is 12.2. The second-order valence-electron chi connectivity index (χ2n) is 3.87. The van der Waals surface area contributed by atoms with Gasteiger partial charge in [-0.05, 0) is 42.5 Å². The fourth-order valence-corrected chi connectivity index (χ4v) is 2.94. The molecule has 0 bridgehead atoms. The van der Waals surface area contributed by atoms with Crippen molar-refractivity contribution in [1.29, 1.82) is 0 Å². The fourth-order valence-electron chi connectivity index (χ4n) is 1.45. The number of H-pyrrole nitrogens is 1. The Bertz CT molecular complexity index is 758. The van der Waals surface area contributed by atoms with E-state index in [1.807, 2.05) is 0 Å². The van der Waals surface area contributed by atoms with Crippen LogP contribution in [0.4, 0.5) is 5.82 Å². The van der Waals surface area contributed by atoms with E-state index in [9.17, 15) is 8.42 Å². The number of benzene rings is 1. The minimum Gasteiger partial charge on any atom is -0.316 e. The van der Waals surface area contributed by atoms with Gasteiger partial charge in [-0.15, -0.1) is 4.83 Å². The first-order valence-electron chi connectivity index (χ1n) is 5.45. The predicted molar refractivity (Wildman–Crippen MR) is 82.3 cm³/mol. The van der Waals surface area contributed by atoms with Crippen LogP contribution in [-0.2, 0) is 10.0 Å². The third kappa shape index (κ3) is 3.63. The number of halogens is 1. The van der Waals surface area contributed by atoms with E-state index in [4.69, 9.17) is 12.2 Å². The summed E-state index contributed by atoms with van der Waals surface area (Å²) in [6.45, 7) is 0. The molecule has 0 saturated carbocycles. The van der Waals surface area contributed by atoms with E-state index in [0.29, 0.717) is 5.82 Å². The highest BCUT2D eigenvalue weighted by atomic mass is 79.9. The maximum Gasteiger partial charge on any atom is 0.257 e. The molecule has 6 nitrogen and oxygen atoms in total. The molecule has 0 aliphatic rings. The minimum atomic E-state index is -3.66. The topological polar surface area (TPSA) is 78.1 Å². The minimum absolute atomic E-state index is 0.167. The van der Waals surface area contributed by atoms with Gasteiger partial charge in [0.05, 0.1) is 4.90 Å². The van der Waals surface area contributed by atoms with Crippen LogP contribution < -0.4 is 9.84 Å². The maximum atomic E-state index is 12.2. The molecule has 0 radical (unpaired) electrons. The summed E-state index contributed by atoms with van der Waals surface area (Å²) in [5, 5.41) is 1.33. The molecular formula is C11H11BrN4O2S2. The van der Waals surface area contributed by atoms with Crippen molar-refractivity contribution < 1.29 is 8.42 Å². The van der Waals surface area contributed by atoms with Gasteiger partial charge in [0.25, 0.3) is 10.0 Å². The average molecular weight is 375 g/mol. The van der Waals surface area contributed by atoms with E-state index in [0.717, 1.165) is 4.47 Å². The van der Waals surface area contributed by atoms with Crippen LogP contribution in [0, 0.1) is 4.77 Å². The Labute approximate surface area is 130 Å². The molecule has 0 aliphatic heterocycles. The van der Waals surface area contributed by atoms with Crippen molar-refractivity contribution in [1.82, 2.24) is 14.8 Å². The Morgan fingerprint density at radius 3 is 2.55 bits per heavy atom. The van der Waals surface area contributed by atoms with E-state index in [1.165, 1.54) is 23.3 Å². The molecule has 0 unspecified atom stereocenters. The lowest BCUT2D eigenvalue weighted by Crippen LogP contribution is -2.39. The van der Waals surface area contributed by atoms with Crippen molar-refractivity contribution in [2.45, 2.75) is 4.90 Å². The third-order valence-electron chi connectivity index (χ3n) is 2.40. The van der Waals surface area contributed by atoms with Gasteiger partial charge >= 0.3 is 0 Å². The van der Waals surface area contributed by atoms with Gasteiger partial charge in [0.1, 0.15) is 5.82 Å². The highest BCUT2D eigenvalue weighted by Crippen LogP contribution is 2.15. The Kier molecular flexibility index (Phi) is 4.53. The van der Waals surface area contributed by atoms with Crippen LogP contribution in [-0.4, -0.2) is 25.4 Å². The first kappa shape index (κ1) is 15.1. The number of hydrazine groups is 1. The zero-order valence-corrected chi connectivity index (χ0v) is 13.6. The lowest BCUT2D eigenvalue weighted by atomic mass is 10.4. The fraction of sp³-hybridized carbons (Fsp3) is 0.0909. The van der Waals surface area contributed by atoms with E-state index in [-0.39, 0.29) is 9.67 Å². The van der Waals surface area contributed by atoms with Crippen molar-refractivity contribution >= 4 is 44.0 Å². The molecule has 0 amide bonds. The lowest BCUT2D eigenvalue weighted by Gasteiger charge is -2.19. The molecular weight excluding hydrogens is 364 g/mol. The standard InChI is InChI=1S/C11H11BrN4O2S2/c1-16(10-6-7-13-11(19)14-10)15-20(17,18)9-4-2-8(12)3-5-9/h2-7,15H,1H3,(H,13,14,19). The van der Waals surface area contributed by atoms with E-state index in [2.05, 4.69) is 30.7 Å². The molecule has 1 aromatic carbocycles. The first-order chi connectivity index (χ1) is 9.38. The summed E-state index contributed by atoms with van der Waals surface area (Å²) in [5.41, 5.74) is 0. The van der Waals surface area contributed by atoms with Crippen LogP contribution in [0.3, 0.4) is 0 Å². The van der Waals surface area contributed by atoms with Gasteiger partial charge in [0.2, 0.25) is 0 Å². The number of hydrogen-bond acceptors (Lipinski definition) is 5. The third-order valence-corrected chi connectivity index (χ3v) is 4.54. The molecule has 0 spiro atoms. The molecule has 0 saturated heterocycles. The molecule has 0 atom stereocenters. The van der Waals surface area contributed by atoms with Crippen LogP contribution in [0.25, 0.3) is 0 Å². The van der Waals surface area contributed by atoms with E-state index in [1.54, 1.807) is 25.2 Å². The number of rotatable bonds is 4. The SMILES string of the molecule is CN(NS(=O)(=O)c1ccc(Br)cc1)c1ccnc(=S)[nH]1. The molecule has 9 heteroatoms. The summed E-state index contributed by atoms with van der Waals surface area (Å²) >= 11 is 8.15. The molecule has 20 heavy (non-hydrogen) atoms. The Balaban J connectivity index is 2.24. The molecule has 0 aliphatic carbocycles. The lowest BCUT2D eigenvalue weighted by molar-refractivity contribution is 0.580. The molecule has 2 rings (SSSR count). The number of hydrogen-bond donors (Lipinski definition) is 2. The predicted octanol–water partition coefficient (Wildman–Crippen LogP) is 2.23. The van der Waals surface area contributed by atoms with Crippen molar-refractivity contribution in [2.24, 2.45) is 0 Å². The van der Waals surface area contributed by atoms with Crippen molar-refractivity contribution in [3.63, 3.8) is 0 Å². The zero-order chi connectivity index (χ0) is 14.8. The summed E-state index contributed by atoms with van der Waals surface area (Å²) in [6, 6.07) is 7.95. The second-order valence-corrected chi connectivity index (χ2v) is 6.83. The normalized spacial score (nSPS) is 11.3. The van der Waals surface area contributed by atoms with Gasteiger partial charge in [-0.1, -0.05) is 15.9 Å². The highest BCUT2D eigenvalue weighted by molar-refractivity contribution is 9.10. The number of nitrogens with zero attached hydrogens (tertiary/aromatic N) is 2. The molecule has 2 aromatic rings. The molecule has 1 heterocycles. The van der Waals surface area contributed by atoms with Crippen LogP contribution in [0.1, 0.15) is 0 Å². The summed E-state index contributed by atoms with van der Waals surface area (Å²) < 4.78 is 25.5. The van der Waals surface area contributed by atoms with Crippen molar-refractivity contribution in [3.8, 4) is 0 Å². The summed E-state index contributed by atoms with van der Waals surface area (Å²) in [5.74, 6) is 0.491. The quantitative estimate of drug-likeness (QED) is 0.633. The number of nitrogens with one attached hydrogen (secondary N) is 2. The van der Waals surface area contributed by atoms with Crippen molar-refractivity contribution in [2.75, 3.05) is 12.1 Å². The second kappa shape index (κ2) is 6.00. The smallest absolute Gasteiger partial charge is 0.257 e. The van der Waals surface area contributed by atoms with Crippen LogP contribution in [0.5, 0.6) is 0 Å². The molecule has 106 valence electrons.